The van der Waals surface area contributed by atoms with Crippen LogP contribution in [0.4, 0.5) is 0 Å². The van der Waals surface area contributed by atoms with Crippen LogP contribution in [0, 0.1) is 6.92 Å². The normalized spacial score (nSPS) is 13.5. The molecule has 2 heterocycles. The second-order valence-electron chi connectivity index (χ2n) is 8.66. The number of unbranched alkanes of at least 4 members (excludes halogenated alkanes) is 2. The Morgan fingerprint density at radius 1 is 1.09 bits per heavy atom. The first kappa shape index (κ1) is 24.6. The molecule has 0 bridgehead atoms. The van der Waals surface area contributed by atoms with Gasteiger partial charge in [-0.1, -0.05) is 31.9 Å². The zero-order chi connectivity index (χ0) is 24.0. The SMILES string of the molecule is CCCCCc1c(-c2ccc(C(=O)OC)cc2)c(C(N)=O)c(C)n1CCCN1CCCC1=O. The average molecular weight is 454 g/mol. The molecule has 0 saturated carbocycles. The van der Waals surface area contributed by atoms with E-state index < -0.39 is 11.9 Å². The average Bonchev–Trinajstić information content (AvgIpc) is 3.34. The van der Waals surface area contributed by atoms with E-state index in [1.165, 1.54) is 7.11 Å². The summed E-state index contributed by atoms with van der Waals surface area (Å²) < 4.78 is 7.01. The van der Waals surface area contributed by atoms with Gasteiger partial charge in [-0.15, -0.1) is 0 Å². The van der Waals surface area contributed by atoms with Gasteiger partial charge in [0.2, 0.25) is 5.91 Å². The van der Waals surface area contributed by atoms with Crippen molar-refractivity contribution in [2.75, 3.05) is 20.2 Å². The van der Waals surface area contributed by atoms with Crippen LogP contribution in [0.1, 0.15) is 77.6 Å². The lowest BCUT2D eigenvalue weighted by Gasteiger charge is -2.18. The molecule has 0 spiro atoms. The molecule has 1 aliphatic rings. The van der Waals surface area contributed by atoms with E-state index >= 15 is 0 Å². The molecule has 0 radical (unpaired) electrons. The number of primary amides is 1. The zero-order valence-electron chi connectivity index (χ0n) is 20.0. The van der Waals surface area contributed by atoms with E-state index in [0.29, 0.717) is 17.5 Å². The van der Waals surface area contributed by atoms with E-state index in [2.05, 4.69) is 11.5 Å². The van der Waals surface area contributed by atoms with Crippen molar-refractivity contribution < 1.29 is 19.1 Å². The molecule has 7 nitrogen and oxygen atoms in total. The van der Waals surface area contributed by atoms with Gasteiger partial charge in [0.1, 0.15) is 0 Å². The number of nitrogens with zero attached hydrogens (tertiary/aromatic N) is 2. The molecule has 7 heteroatoms. The smallest absolute Gasteiger partial charge is 0.337 e. The van der Waals surface area contributed by atoms with Crippen molar-refractivity contribution >= 4 is 17.8 Å². The molecular weight excluding hydrogens is 418 g/mol. The van der Waals surface area contributed by atoms with E-state index in [1.54, 1.807) is 12.1 Å². The Hall–Kier alpha value is -3.09. The minimum Gasteiger partial charge on any atom is -0.465 e. The molecule has 1 aromatic carbocycles. The van der Waals surface area contributed by atoms with Gasteiger partial charge in [0.05, 0.1) is 18.2 Å². The fourth-order valence-corrected chi connectivity index (χ4v) is 4.77. The van der Waals surface area contributed by atoms with Crippen LogP contribution in [0.15, 0.2) is 24.3 Å². The molecule has 2 aromatic rings. The molecule has 33 heavy (non-hydrogen) atoms. The third kappa shape index (κ3) is 5.46. The van der Waals surface area contributed by atoms with Gasteiger partial charge in [0.15, 0.2) is 0 Å². The van der Waals surface area contributed by atoms with Crippen molar-refractivity contribution in [1.29, 1.82) is 0 Å². The lowest BCUT2D eigenvalue weighted by molar-refractivity contribution is -0.127. The van der Waals surface area contributed by atoms with Crippen molar-refractivity contribution in [2.24, 2.45) is 5.73 Å². The van der Waals surface area contributed by atoms with E-state index in [4.69, 9.17) is 10.5 Å². The number of likely N-dealkylation sites (tertiary alicyclic amines) is 1. The third-order valence-electron chi connectivity index (χ3n) is 6.47. The van der Waals surface area contributed by atoms with E-state index in [9.17, 15) is 14.4 Å². The lowest BCUT2D eigenvalue weighted by Crippen LogP contribution is -2.26. The largest absolute Gasteiger partial charge is 0.465 e. The Morgan fingerprint density at radius 3 is 2.39 bits per heavy atom. The molecule has 3 rings (SSSR count). The second-order valence-corrected chi connectivity index (χ2v) is 8.66. The number of carbonyl (C=O) groups is 3. The highest BCUT2D eigenvalue weighted by Gasteiger charge is 2.25. The van der Waals surface area contributed by atoms with Gasteiger partial charge in [0.25, 0.3) is 5.91 Å². The summed E-state index contributed by atoms with van der Waals surface area (Å²) in [7, 11) is 1.35. The summed E-state index contributed by atoms with van der Waals surface area (Å²) >= 11 is 0. The number of methoxy groups -OCH3 is 1. The van der Waals surface area contributed by atoms with Gasteiger partial charge in [-0.25, -0.2) is 4.79 Å². The number of benzene rings is 1. The van der Waals surface area contributed by atoms with E-state index in [0.717, 1.165) is 80.7 Å². The number of rotatable bonds is 11. The summed E-state index contributed by atoms with van der Waals surface area (Å²) in [5.41, 5.74) is 10.5. The Labute approximate surface area is 195 Å². The Morgan fingerprint density at radius 2 is 1.82 bits per heavy atom. The van der Waals surface area contributed by atoms with Crippen LogP contribution in [0.3, 0.4) is 0 Å². The fourth-order valence-electron chi connectivity index (χ4n) is 4.77. The molecular formula is C26H35N3O4. The van der Waals surface area contributed by atoms with E-state index in [-0.39, 0.29) is 5.91 Å². The Bertz CT molecular complexity index is 1010. The molecule has 1 fully saturated rings. The molecule has 1 aromatic heterocycles. The van der Waals surface area contributed by atoms with Crippen molar-refractivity contribution in [2.45, 2.75) is 65.3 Å². The highest BCUT2D eigenvalue weighted by molar-refractivity contribution is 6.02. The van der Waals surface area contributed by atoms with Crippen LogP contribution >= 0.6 is 0 Å². The number of aromatic nitrogens is 1. The maximum absolute atomic E-state index is 12.5. The molecule has 1 saturated heterocycles. The number of nitrogens with two attached hydrogens (primary N) is 1. The van der Waals surface area contributed by atoms with Gasteiger partial charge in [0, 0.05) is 43.0 Å². The van der Waals surface area contributed by atoms with Crippen molar-refractivity contribution in [3.63, 3.8) is 0 Å². The zero-order valence-corrected chi connectivity index (χ0v) is 20.0. The highest BCUT2D eigenvalue weighted by atomic mass is 16.5. The van der Waals surface area contributed by atoms with Gasteiger partial charge in [-0.3, -0.25) is 9.59 Å². The van der Waals surface area contributed by atoms with Gasteiger partial charge < -0.3 is 19.9 Å². The number of ether oxygens (including phenoxy) is 1. The predicted octanol–water partition coefficient (Wildman–Crippen LogP) is 4.09. The Kier molecular flexibility index (Phi) is 8.31. The number of hydrogen-bond donors (Lipinski definition) is 1. The monoisotopic (exact) mass is 453 g/mol. The number of esters is 1. The van der Waals surface area contributed by atoms with Crippen LogP contribution in [0.5, 0.6) is 0 Å². The molecule has 0 aliphatic carbocycles. The summed E-state index contributed by atoms with van der Waals surface area (Å²) in [4.78, 5) is 38.3. The number of amides is 2. The van der Waals surface area contributed by atoms with Crippen LogP contribution in [0.2, 0.25) is 0 Å². The number of carbonyl (C=O) groups excluding carboxylic acids is 3. The van der Waals surface area contributed by atoms with Crippen LogP contribution in [-0.4, -0.2) is 47.4 Å². The predicted molar refractivity (Wildman–Crippen MR) is 128 cm³/mol. The summed E-state index contributed by atoms with van der Waals surface area (Å²) in [6.07, 6.45) is 6.43. The van der Waals surface area contributed by atoms with Crippen molar-refractivity contribution in [3.05, 3.63) is 46.8 Å². The first-order chi connectivity index (χ1) is 15.9. The third-order valence-corrected chi connectivity index (χ3v) is 6.47. The molecule has 0 atom stereocenters. The summed E-state index contributed by atoms with van der Waals surface area (Å²) in [6.45, 7) is 6.38. The quantitative estimate of drug-likeness (QED) is 0.409. The summed E-state index contributed by atoms with van der Waals surface area (Å²) in [6, 6.07) is 7.13. The molecule has 2 N–H and O–H groups in total. The van der Waals surface area contributed by atoms with Crippen LogP contribution < -0.4 is 5.73 Å². The van der Waals surface area contributed by atoms with Crippen molar-refractivity contribution in [3.8, 4) is 11.1 Å². The maximum atomic E-state index is 12.5. The standard InChI is InChI=1S/C26H35N3O4/c1-4-5-6-9-21-24(19-11-13-20(14-12-19)26(32)33-3)23(25(27)31)18(2)29(21)17-8-16-28-15-7-10-22(28)30/h11-14H,4-10,15-17H2,1-3H3,(H2,27,31). The van der Waals surface area contributed by atoms with Gasteiger partial charge in [-0.05, 0) is 50.3 Å². The van der Waals surface area contributed by atoms with Crippen LogP contribution in [-0.2, 0) is 22.5 Å². The molecule has 0 unspecified atom stereocenters. The fraction of sp³-hybridized carbons (Fsp3) is 0.500. The minimum atomic E-state index is -0.454. The van der Waals surface area contributed by atoms with Crippen LogP contribution in [0.25, 0.3) is 11.1 Å². The maximum Gasteiger partial charge on any atom is 0.337 e. The number of hydrogen-bond acceptors (Lipinski definition) is 4. The highest BCUT2D eigenvalue weighted by Crippen LogP contribution is 2.34. The molecule has 2 amide bonds. The van der Waals surface area contributed by atoms with E-state index in [1.807, 2.05) is 24.0 Å². The first-order valence-corrected chi connectivity index (χ1v) is 11.9. The minimum absolute atomic E-state index is 0.228. The van der Waals surface area contributed by atoms with Gasteiger partial charge in [-0.2, -0.15) is 0 Å². The van der Waals surface area contributed by atoms with Crippen molar-refractivity contribution in [1.82, 2.24) is 9.47 Å². The summed E-state index contributed by atoms with van der Waals surface area (Å²) in [5.74, 6) is -0.624. The lowest BCUT2D eigenvalue weighted by atomic mass is 9.96. The topological polar surface area (TPSA) is 94.6 Å². The van der Waals surface area contributed by atoms with Gasteiger partial charge >= 0.3 is 5.97 Å². The summed E-state index contributed by atoms with van der Waals surface area (Å²) in [5, 5.41) is 0. The molecule has 1 aliphatic heterocycles. The second kappa shape index (κ2) is 11.2. The first-order valence-electron chi connectivity index (χ1n) is 11.9. The Balaban J connectivity index is 1.98. The molecule has 178 valence electrons.